The molecule has 0 unspecified atom stereocenters. The lowest BCUT2D eigenvalue weighted by Gasteiger charge is -2.34. The minimum atomic E-state index is 0.214. The predicted molar refractivity (Wildman–Crippen MR) is 80.3 cm³/mol. The summed E-state index contributed by atoms with van der Waals surface area (Å²) in [5.74, 6) is 0. The normalized spacial score (nSPS) is 16.3. The SMILES string of the molecule is Cc1cc(C#N)ccc1CN(CCO)C1CCCCC1. The maximum Gasteiger partial charge on any atom is 0.0991 e. The Labute approximate surface area is 121 Å². The van der Waals surface area contributed by atoms with Crippen molar-refractivity contribution in [1.29, 1.82) is 5.26 Å². The zero-order valence-electron chi connectivity index (χ0n) is 12.3. The van der Waals surface area contributed by atoms with Gasteiger partial charge in [-0.05, 0) is 43.0 Å². The molecule has 1 aromatic rings. The molecule has 1 fully saturated rings. The van der Waals surface area contributed by atoms with Gasteiger partial charge in [0.25, 0.3) is 0 Å². The van der Waals surface area contributed by atoms with Gasteiger partial charge < -0.3 is 5.11 Å². The van der Waals surface area contributed by atoms with Crippen molar-refractivity contribution in [2.75, 3.05) is 13.2 Å². The topological polar surface area (TPSA) is 47.3 Å². The molecule has 3 nitrogen and oxygen atoms in total. The summed E-state index contributed by atoms with van der Waals surface area (Å²) in [5.41, 5.74) is 3.16. The lowest BCUT2D eigenvalue weighted by Crippen LogP contribution is -2.38. The highest BCUT2D eigenvalue weighted by Gasteiger charge is 2.21. The maximum atomic E-state index is 9.31. The molecule has 0 spiro atoms. The summed E-state index contributed by atoms with van der Waals surface area (Å²) in [7, 11) is 0. The van der Waals surface area contributed by atoms with Crippen LogP contribution in [0.4, 0.5) is 0 Å². The van der Waals surface area contributed by atoms with Crippen LogP contribution in [-0.4, -0.2) is 29.2 Å². The van der Waals surface area contributed by atoms with Crippen LogP contribution < -0.4 is 0 Å². The van der Waals surface area contributed by atoms with E-state index in [0.29, 0.717) is 6.04 Å². The number of nitrogens with zero attached hydrogens (tertiary/aromatic N) is 2. The Morgan fingerprint density at radius 1 is 1.30 bits per heavy atom. The minimum Gasteiger partial charge on any atom is -0.395 e. The highest BCUT2D eigenvalue weighted by Crippen LogP contribution is 2.24. The number of aliphatic hydroxyl groups is 1. The number of nitriles is 1. The summed E-state index contributed by atoms with van der Waals surface area (Å²) < 4.78 is 0. The van der Waals surface area contributed by atoms with Gasteiger partial charge in [0.1, 0.15) is 0 Å². The van der Waals surface area contributed by atoms with Gasteiger partial charge in [-0.1, -0.05) is 25.3 Å². The quantitative estimate of drug-likeness (QED) is 0.896. The third kappa shape index (κ3) is 3.82. The zero-order chi connectivity index (χ0) is 14.4. The van der Waals surface area contributed by atoms with E-state index in [0.717, 1.165) is 18.7 Å². The van der Waals surface area contributed by atoms with E-state index in [1.807, 2.05) is 12.1 Å². The van der Waals surface area contributed by atoms with E-state index in [4.69, 9.17) is 5.26 Å². The van der Waals surface area contributed by atoms with Crippen LogP contribution in [0.1, 0.15) is 48.8 Å². The van der Waals surface area contributed by atoms with E-state index in [1.54, 1.807) is 0 Å². The first-order chi connectivity index (χ1) is 9.74. The molecule has 0 aromatic heterocycles. The van der Waals surface area contributed by atoms with Crippen molar-refractivity contribution in [3.05, 3.63) is 34.9 Å². The average Bonchev–Trinajstić information content (AvgIpc) is 2.49. The van der Waals surface area contributed by atoms with Gasteiger partial charge >= 0.3 is 0 Å². The van der Waals surface area contributed by atoms with Crippen molar-refractivity contribution >= 4 is 0 Å². The van der Waals surface area contributed by atoms with Gasteiger partial charge in [0.05, 0.1) is 18.2 Å². The van der Waals surface area contributed by atoms with Crippen LogP contribution in [0.15, 0.2) is 18.2 Å². The second-order valence-electron chi connectivity index (χ2n) is 5.74. The largest absolute Gasteiger partial charge is 0.395 e. The predicted octanol–water partition coefficient (Wildman–Crippen LogP) is 2.99. The molecule has 1 saturated carbocycles. The molecule has 0 bridgehead atoms. The number of aryl methyl sites for hydroxylation is 1. The van der Waals surface area contributed by atoms with Crippen LogP contribution in [0.5, 0.6) is 0 Å². The Morgan fingerprint density at radius 3 is 2.65 bits per heavy atom. The van der Waals surface area contributed by atoms with Crippen molar-refractivity contribution in [3.63, 3.8) is 0 Å². The van der Waals surface area contributed by atoms with E-state index < -0.39 is 0 Å². The summed E-state index contributed by atoms with van der Waals surface area (Å²) in [6.45, 7) is 3.90. The maximum absolute atomic E-state index is 9.31. The highest BCUT2D eigenvalue weighted by molar-refractivity contribution is 5.37. The molecule has 3 heteroatoms. The summed E-state index contributed by atoms with van der Waals surface area (Å²) in [6, 6.07) is 8.68. The van der Waals surface area contributed by atoms with Crippen molar-refractivity contribution in [2.24, 2.45) is 0 Å². The molecule has 20 heavy (non-hydrogen) atoms. The van der Waals surface area contributed by atoms with Crippen LogP contribution in [0, 0.1) is 18.3 Å². The van der Waals surface area contributed by atoms with Gasteiger partial charge in [-0.2, -0.15) is 5.26 Å². The number of benzene rings is 1. The summed E-state index contributed by atoms with van der Waals surface area (Å²) in [4.78, 5) is 2.41. The van der Waals surface area contributed by atoms with Crippen LogP contribution >= 0.6 is 0 Å². The van der Waals surface area contributed by atoms with Crippen molar-refractivity contribution in [3.8, 4) is 6.07 Å². The second kappa shape index (κ2) is 7.42. The average molecular weight is 272 g/mol. The number of rotatable bonds is 5. The van der Waals surface area contributed by atoms with Crippen molar-refractivity contribution in [1.82, 2.24) is 4.90 Å². The molecular formula is C17H24N2O. The fourth-order valence-electron chi connectivity index (χ4n) is 3.13. The first-order valence-electron chi connectivity index (χ1n) is 7.59. The van der Waals surface area contributed by atoms with Gasteiger partial charge in [-0.25, -0.2) is 0 Å². The Kier molecular flexibility index (Phi) is 5.58. The van der Waals surface area contributed by atoms with E-state index in [9.17, 15) is 5.11 Å². The number of hydrogen-bond donors (Lipinski definition) is 1. The first kappa shape index (κ1) is 15.0. The van der Waals surface area contributed by atoms with Crippen LogP contribution in [0.25, 0.3) is 0 Å². The Bertz CT molecular complexity index is 472. The van der Waals surface area contributed by atoms with Crippen LogP contribution in [0.3, 0.4) is 0 Å². The fraction of sp³-hybridized carbons (Fsp3) is 0.588. The second-order valence-corrected chi connectivity index (χ2v) is 5.74. The lowest BCUT2D eigenvalue weighted by molar-refractivity contribution is 0.117. The molecule has 0 amide bonds. The monoisotopic (exact) mass is 272 g/mol. The molecule has 0 aliphatic heterocycles. The van der Waals surface area contributed by atoms with Crippen molar-refractivity contribution in [2.45, 2.75) is 51.6 Å². The molecule has 0 radical (unpaired) electrons. The van der Waals surface area contributed by atoms with E-state index in [2.05, 4.69) is 24.0 Å². The number of aliphatic hydroxyl groups excluding tert-OH is 1. The van der Waals surface area contributed by atoms with Gasteiger partial charge in [0.15, 0.2) is 0 Å². The summed E-state index contributed by atoms with van der Waals surface area (Å²) in [5, 5.41) is 18.2. The Balaban J connectivity index is 2.09. The minimum absolute atomic E-state index is 0.214. The van der Waals surface area contributed by atoms with E-state index in [1.165, 1.54) is 43.2 Å². The first-order valence-corrected chi connectivity index (χ1v) is 7.59. The standard InChI is InChI=1S/C17H24N2O/c1-14-11-15(12-18)7-8-16(14)13-19(9-10-20)17-5-3-2-4-6-17/h7-8,11,17,20H,2-6,9-10,13H2,1H3. The van der Waals surface area contributed by atoms with E-state index >= 15 is 0 Å². The molecule has 108 valence electrons. The smallest absolute Gasteiger partial charge is 0.0991 e. The van der Waals surface area contributed by atoms with Crippen LogP contribution in [-0.2, 0) is 6.54 Å². The Hall–Kier alpha value is -1.37. The molecule has 1 aliphatic carbocycles. The third-order valence-corrected chi connectivity index (χ3v) is 4.32. The Morgan fingerprint density at radius 2 is 2.05 bits per heavy atom. The third-order valence-electron chi connectivity index (χ3n) is 4.32. The fourth-order valence-corrected chi connectivity index (χ4v) is 3.13. The zero-order valence-corrected chi connectivity index (χ0v) is 12.3. The van der Waals surface area contributed by atoms with Gasteiger partial charge in [-0.15, -0.1) is 0 Å². The highest BCUT2D eigenvalue weighted by atomic mass is 16.3. The van der Waals surface area contributed by atoms with Crippen LogP contribution in [0.2, 0.25) is 0 Å². The van der Waals surface area contributed by atoms with Gasteiger partial charge in [0.2, 0.25) is 0 Å². The molecule has 1 aromatic carbocycles. The van der Waals surface area contributed by atoms with Gasteiger partial charge in [-0.3, -0.25) is 4.90 Å². The molecule has 0 saturated heterocycles. The molecule has 1 aliphatic rings. The summed E-state index contributed by atoms with van der Waals surface area (Å²) in [6.07, 6.45) is 6.45. The van der Waals surface area contributed by atoms with E-state index in [-0.39, 0.29) is 6.61 Å². The molecule has 0 heterocycles. The summed E-state index contributed by atoms with van der Waals surface area (Å²) >= 11 is 0. The number of hydrogen-bond acceptors (Lipinski definition) is 3. The molecule has 0 atom stereocenters. The van der Waals surface area contributed by atoms with Gasteiger partial charge in [0, 0.05) is 19.1 Å². The van der Waals surface area contributed by atoms with Crippen molar-refractivity contribution < 1.29 is 5.11 Å². The molecule has 1 N–H and O–H groups in total. The molecular weight excluding hydrogens is 248 g/mol. The lowest BCUT2D eigenvalue weighted by atomic mass is 9.93. The molecule has 2 rings (SSSR count).